The molecule has 0 fully saturated rings. The lowest BCUT2D eigenvalue weighted by Crippen LogP contribution is -2.37. The minimum Gasteiger partial charge on any atom is -0.481 e. The van der Waals surface area contributed by atoms with Crippen LogP contribution >= 0.6 is 0 Å². The number of amides is 1. The van der Waals surface area contributed by atoms with Crippen LogP contribution in [0.5, 0.6) is 5.75 Å². The molecule has 0 radical (unpaired) electrons. The topological polar surface area (TPSA) is 51.5 Å². The SMILES string of the molecule is C[C@H](Oc1ccc2c(c1)CCCC2)C(=O)NCCCc1ccco1. The van der Waals surface area contributed by atoms with Gasteiger partial charge in [0.1, 0.15) is 11.5 Å². The Balaban J connectivity index is 1.43. The quantitative estimate of drug-likeness (QED) is 0.789. The van der Waals surface area contributed by atoms with Gasteiger partial charge in [-0.25, -0.2) is 0 Å². The second-order valence-corrected chi connectivity index (χ2v) is 6.37. The number of furan rings is 1. The van der Waals surface area contributed by atoms with Crippen molar-refractivity contribution in [3.05, 3.63) is 53.5 Å². The minimum absolute atomic E-state index is 0.0767. The first-order valence-corrected chi connectivity index (χ1v) is 8.81. The van der Waals surface area contributed by atoms with Crippen LogP contribution in [-0.4, -0.2) is 18.6 Å². The molecule has 1 N–H and O–H groups in total. The standard InChI is InChI=1S/C20H25NO3/c1-15(20(22)21-12-4-8-18-9-5-13-23-18)24-19-11-10-16-6-2-3-7-17(16)14-19/h5,9-11,13-15H,2-4,6-8,12H2,1H3,(H,21,22)/t15-/m0/s1. The maximum Gasteiger partial charge on any atom is 0.260 e. The van der Waals surface area contributed by atoms with E-state index in [0.717, 1.165) is 37.2 Å². The van der Waals surface area contributed by atoms with Crippen LogP contribution in [0.4, 0.5) is 0 Å². The molecule has 0 bridgehead atoms. The summed E-state index contributed by atoms with van der Waals surface area (Å²) in [4.78, 5) is 12.1. The molecule has 0 saturated heterocycles. The zero-order valence-corrected chi connectivity index (χ0v) is 14.2. The highest BCUT2D eigenvalue weighted by molar-refractivity contribution is 5.80. The summed E-state index contributed by atoms with van der Waals surface area (Å²) in [7, 11) is 0. The van der Waals surface area contributed by atoms with Crippen molar-refractivity contribution in [1.29, 1.82) is 0 Å². The number of rotatable bonds is 7. The van der Waals surface area contributed by atoms with Gasteiger partial charge in [-0.1, -0.05) is 6.07 Å². The average Bonchev–Trinajstić information content (AvgIpc) is 3.12. The van der Waals surface area contributed by atoms with Crippen LogP contribution in [0.25, 0.3) is 0 Å². The van der Waals surface area contributed by atoms with Crippen molar-refractivity contribution in [1.82, 2.24) is 5.32 Å². The highest BCUT2D eigenvalue weighted by Crippen LogP contribution is 2.25. The van der Waals surface area contributed by atoms with Crippen LogP contribution in [-0.2, 0) is 24.1 Å². The van der Waals surface area contributed by atoms with Gasteiger partial charge in [0.15, 0.2) is 6.10 Å². The number of carbonyl (C=O) groups is 1. The third kappa shape index (κ3) is 4.40. The van der Waals surface area contributed by atoms with Gasteiger partial charge in [0, 0.05) is 13.0 Å². The molecule has 4 heteroatoms. The predicted molar refractivity (Wildman–Crippen MR) is 93.2 cm³/mol. The van der Waals surface area contributed by atoms with Crippen LogP contribution in [0.1, 0.15) is 43.1 Å². The van der Waals surface area contributed by atoms with Gasteiger partial charge >= 0.3 is 0 Å². The van der Waals surface area contributed by atoms with E-state index < -0.39 is 6.10 Å². The normalized spacial score (nSPS) is 14.7. The fraction of sp³-hybridized carbons (Fsp3) is 0.450. The highest BCUT2D eigenvalue weighted by Gasteiger charge is 2.16. The molecule has 128 valence electrons. The molecule has 0 aliphatic heterocycles. The van der Waals surface area contributed by atoms with E-state index in [1.807, 2.05) is 18.2 Å². The fourth-order valence-corrected chi connectivity index (χ4v) is 3.11. The van der Waals surface area contributed by atoms with E-state index >= 15 is 0 Å². The Morgan fingerprint density at radius 2 is 2.08 bits per heavy atom. The number of carbonyl (C=O) groups excluding carboxylic acids is 1. The Labute approximate surface area is 143 Å². The zero-order valence-electron chi connectivity index (χ0n) is 14.2. The fourth-order valence-electron chi connectivity index (χ4n) is 3.11. The number of ether oxygens (including phenoxy) is 1. The Morgan fingerprint density at radius 3 is 2.88 bits per heavy atom. The number of hydrogen-bond donors (Lipinski definition) is 1. The molecule has 0 unspecified atom stereocenters. The number of nitrogens with one attached hydrogen (secondary N) is 1. The summed E-state index contributed by atoms with van der Waals surface area (Å²) < 4.78 is 11.1. The van der Waals surface area contributed by atoms with Gasteiger partial charge in [0.2, 0.25) is 0 Å². The zero-order chi connectivity index (χ0) is 16.8. The molecule has 3 rings (SSSR count). The Hall–Kier alpha value is -2.23. The summed E-state index contributed by atoms with van der Waals surface area (Å²) in [5, 5.41) is 2.92. The van der Waals surface area contributed by atoms with Gasteiger partial charge in [-0.3, -0.25) is 4.79 Å². The second-order valence-electron chi connectivity index (χ2n) is 6.37. The van der Waals surface area contributed by atoms with Crippen LogP contribution in [0.3, 0.4) is 0 Å². The molecule has 4 nitrogen and oxygen atoms in total. The molecular weight excluding hydrogens is 302 g/mol. The van der Waals surface area contributed by atoms with Gasteiger partial charge in [-0.15, -0.1) is 0 Å². The lowest BCUT2D eigenvalue weighted by molar-refractivity contribution is -0.127. The number of fused-ring (bicyclic) bond motifs is 1. The Bertz CT molecular complexity index is 664. The first kappa shape index (κ1) is 16.6. The van der Waals surface area contributed by atoms with Crippen molar-refractivity contribution in [2.45, 2.75) is 51.6 Å². The van der Waals surface area contributed by atoms with Crippen molar-refractivity contribution < 1.29 is 13.9 Å². The van der Waals surface area contributed by atoms with E-state index in [1.165, 1.54) is 24.0 Å². The van der Waals surface area contributed by atoms with Crippen LogP contribution in [0.2, 0.25) is 0 Å². The Morgan fingerprint density at radius 1 is 1.25 bits per heavy atom. The Kier molecular flexibility index (Phi) is 5.57. The summed E-state index contributed by atoms with van der Waals surface area (Å²) in [6.45, 7) is 2.42. The first-order chi connectivity index (χ1) is 11.7. The lowest BCUT2D eigenvalue weighted by atomic mass is 9.92. The largest absolute Gasteiger partial charge is 0.481 e. The molecule has 0 saturated carbocycles. The third-order valence-electron chi connectivity index (χ3n) is 4.48. The van der Waals surface area contributed by atoms with E-state index in [9.17, 15) is 4.79 Å². The molecule has 0 spiro atoms. The van der Waals surface area contributed by atoms with E-state index in [2.05, 4.69) is 17.4 Å². The van der Waals surface area contributed by atoms with Gasteiger partial charge < -0.3 is 14.5 Å². The van der Waals surface area contributed by atoms with Crippen molar-refractivity contribution in [3.8, 4) is 5.75 Å². The number of aryl methyl sites for hydroxylation is 3. The smallest absolute Gasteiger partial charge is 0.260 e. The van der Waals surface area contributed by atoms with E-state index in [4.69, 9.17) is 9.15 Å². The molecule has 1 aromatic carbocycles. The van der Waals surface area contributed by atoms with Crippen molar-refractivity contribution in [3.63, 3.8) is 0 Å². The maximum atomic E-state index is 12.1. The molecule has 1 aliphatic carbocycles. The van der Waals surface area contributed by atoms with Gasteiger partial charge in [0.25, 0.3) is 5.91 Å². The molecular formula is C20H25NO3. The van der Waals surface area contributed by atoms with Gasteiger partial charge in [0.05, 0.1) is 6.26 Å². The molecule has 1 atom stereocenters. The van der Waals surface area contributed by atoms with Crippen molar-refractivity contribution in [2.75, 3.05) is 6.54 Å². The molecule has 1 aliphatic rings. The summed E-state index contributed by atoms with van der Waals surface area (Å²) in [6.07, 6.45) is 7.63. The second kappa shape index (κ2) is 8.04. The molecule has 1 heterocycles. The van der Waals surface area contributed by atoms with Crippen molar-refractivity contribution in [2.24, 2.45) is 0 Å². The summed E-state index contributed by atoms with van der Waals surface area (Å²) in [5.74, 6) is 1.66. The minimum atomic E-state index is -0.491. The maximum absolute atomic E-state index is 12.1. The lowest BCUT2D eigenvalue weighted by Gasteiger charge is -2.19. The third-order valence-corrected chi connectivity index (χ3v) is 4.48. The molecule has 1 amide bonds. The van der Waals surface area contributed by atoms with E-state index in [-0.39, 0.29) is 5.91 Å². The molecule has 24 heavy (non-hydrogen) atoms. The van der Waals surface area contributed by atoms with Gasteiger partial charge in [-0.05, 0) is 74.4 Å². The number of benzene rings is 1. The van der Waals surface area contributed by atoms with Crippen LogP contribution < -0.4 is 10.1 Å². The monoisotopic (exact) mass is 327 g/mol. The summed E-state index contributed by atoms with van der Waals surface area (Å²) in [6, 6.07) is 10.0. The van der Waals surface area contributed by atoms with Crippen LogP contribution in [0.15, 0.2) is 41.0 Å². The van der Waals surface area contributed by atoms with Crippen LogP contribution in [0, 0.1) is 0 Å². The predicted octanol–water partition coefficient (Wildman–Crippen LogP) is 3.67. The van der Waals surface area contributed by atoms with E-state index in [1.54, 1.807) is 13.2 Å². The summed E-state index contributed by atoms with van der Waals surface area (Å²) >= 11 is 0. The first-order valence-electron chi connectivity index (χ1n) is 8.81. The van der Waals surface area contributed by atoms with Gasteiger partial charge in [-0.2, -0.15) is 0 Å². The number of hydrogen-bond acceptors (Lipinski definition) is 3. The highest BCUT2D eigenvalue weighted by atomic mass is 16.5. The van der Waals surface area contributed by atoms with Crippen molar-refractivity contribution >= 4 is 5.91 Å². The summed E-state index contributed by atoms with van der Waals surface area (Å²) in [5.41, 5.74) is 2.79. The van der Waals surface area contributed by atoms with E-state index in [0.29, 0.717) is 6.54 Å². The molecule has 2 aromatic rings. The average molecular weight is 327 g/mol. The molecule has 1 aromatic heterocycles.